The molecule has 9 heteroatoms. The Balaban J connectivity index is 1.48. The molecule has 2 aliphatic rings. The molecule has 0 spiro atoms. The number of allylic oxidation sites excluding steroid dienone is 1. The van der Waals surface area contributed by atoms with Crippen LogP contribution in [0.5, 0.6) is 0 Å². The molecule has 36 heavy (non-hydrogen) atoms. The van der Waals surface area contributed by atoms with Gasteiger partial charge in [-0.05, 0) is 42.0 Å². The summed E-state index contributed by atoms with van der Waals surface area (Å²) >= 11 is 1.69. The first kappa shape index (κ1) is 24.4. The lowest BCUT2D eigenvalue weighted by Crippen LogP contribution is -2.42. The van der Waals surface area contributed by atoms with E-state index in [1.807, 2.05) is 43.3 Å². The number of anilines is 1. The molecule has 7 nitrogen and oxygen atoms in total. The van der Waals surface area contributed by atoms with Gasteiger partial charge in [-0.1, -0.05) is 67.2 Å². The lowest BCUT2D eigenvalue weighted by Gasteiger charge is -2.40. The number of thioether (sulfide) groups is 1. The molecule has 5 rings (SSSR count). The number of hydrogen-bond acceptors (Lipinski definition) is 7. The number of benzene rings is 3. The van der Waals surface area contributed by atoms with Crippen LogP contribution in [0.25, 0.3) is 10.8 Å². The van der Waals surface area contributed by atoms with Crippen molar-refractivity contribution < 1.29 is 17.9 Å². The molecule has 1 atom stereocenters. The minimum absolute atomic E-state index is 0.228. The molecule has 2 aliphatic heterocycles. The number of amidine groups is 1. The molecular formula is C27H27N3O4S2. The summed E-state index contributed by atoms with van der Waals surface area (Å²) < 4.78 is 34.3. The largest absolute Gasteiger partial charge is 0.466 e. The van der Waals surface area contributed by atoms with E-state index in [1.165, 1.54) is 7.11 Å². The number of hydrogen-bond donors (Lipinski definition) is 1. The number of nitrogens with one attached hydrogen (secondary N) is 1. The fourth-order valence-corrected chi connectivity index (χ4v) is 7.01. The molecule has 0 saturated carbocycles. The Bertz CT molecular complexity index is 1480. The number of rotatable bonds is 6. The molecule has 0 bridgehead atoms. The topological polar surface area (TPSA) is 88.1 Å². The minimum atomic E-state index is -3.80. The number of esters is 1. The Labute approximate surface area is 215 Å². The summed E-state index contributed by atoms with van der Waals surface area (Å²) in [6.07, 6.45) is 1.60. The summed E-state index contributed by atoms with van der Waals surface area (Å²) in [6.45, 7) is 2.76. The maximum absolute atomic E-state index is 13.2. The van der Waals surface area contributed by atoms with E-state index in [1.54, 1.807) is 42.1 Å². The summed E-state index contributed by atoms with van der Waals surface area (Å²) in [5.41, 5.74) is 2.59. The maximum Gasteiger partial charge on any atom is 0.338 e. The first-order chi connectivity index (χ1) is 17.4. The van der Waals surface area contributed by atoms with Crippen molar-refractivity contribution in [1.29, 1.82) is 0 Å². The maximum atomic E-state index is 13.2. The van der Waals surface area contributed by atoms with Gasteiger partial charge in [-0.25, -0.2) is 18.2 Å². The second-order valence-corrected chi connectivity index (χ2v) is 11.3. The van der Waals surface area contributed by atoms with E-state index in [2.05, 4.69) is 9.62 Å². The van der Waals surface area contributed by atoms with Crippen LogP contribution in [0.2, 0.25) is 0 Å². The Kier molecular flexibility index (Phi) is 6.77. The lowest BCUT2D eigenvalue weighted by molar-refractivity contribution is -0.136. The number of methoxy groups -OCH3 is 1. The fourth-order valence-electron chi connectivity index (χ4n) is 4.73. The van der Waals surface area contributed by atoms with Crippen LogP contribution in [0.4, 0.5) is 5.69 Å². The Morgan fingerprint density at radius 1 is 1.11 bits per heavy atom. The molecule has 1 N–H and O–H groups in total. The monoisotopic (exact) mass is 521 g/mol. The number of carbonyl (C=O) groups excluding carboxylic acids is 1. The molecule has 1 saturated heterocycles. The molecule has 186 valence electrons. The van der Waals surface area contributed by atoms with Crippen LogP contribution in [-0.4, -0.2) is 43.9 Å². The molecule has 3 aromatic carbocycles. The molecule has 3 aromatic rings. The Hall–Kier alpha value is -3.30. The number of ether oxygens (including phenoxy) is 1. The van der Waals surface area contributed by atoms with Gasteiger partial charge in [-0.2, -0.15) is 0 Å². The number of fused-ring (bicyclic) bond motifs is 2. The van der Waals surface area contributed by atoms with Gasteiger partial charge in [0.15, 0.2) is 5.17 Å². The predicted molar refractivity (Wildman–Crippen MR) is 144 cm³/mol. The number of sulfonamides is 1. The van der Waals surface area contributed by atoms with Gasteiger partial charge < -0.3 is 9.64 Å². The van der Waals surface area contributed by atoms with Crippen LogP contribution < -0.4 is 4.72 Å². The lowest BCUT2D eigenvalue weighted by atomic mass is 9.93. The normalized spacial score (nSPS) is 18.0. The molecule has 0 aromatic heterocycles. The molecule has 0 amide bonds. The summed E-state index contributed by atoms with van der Waals surface area (Å²) in [5.74, 6) is 0.595. The standard InChI is InChI=1S/C27H27N3O4S2/c1-3-22-24(26(31)34-2)25(30-16-7-17-35-27(30)28-22)19-12-14-20(15-13-19)29-36(32,33)23-11-6-9-18-8-4-5-10-21(18)23/h4-6,8-15,25,29H,3,7,16-17H2,1-2H3. The Morgan fingerprint density at radius 3 is 2.61 bits per heavy atom. The smallest absolute Gasteiger partial charge is 0.338 e. The SMILES string of the molecule is CCC1=C(C(=O)OC)C(c2ccc(NS(=O)(=O)c3cccc4ccccc34)cc2)N2CCCSC2=N1. The van der Waals surface area contributed by atoms with Crippen molar-refractivity contribution in [2.75, 3.05) is 24.1 Å². The Morgan fingerprint density at radius 2 is 1.86 bits per heavy atom. The van der Waals surface area contributed by atoms with Gasteiger partial charge in [0.05, 0.1) is 29.3 Å². The molecule has 1 unspecified atom stereocenters. The van der Waals surface area contributed by atoms with Gasteiger partial charge in [0.1, 0.15) is 0 Å². The van der Waals surface area contributed by atoms with E-state index < -0.39 is 16.0 Å². The second-order valence-electron chi connectivity index (χ2n) is 8.60. The average molecular weight is 522 g/mol. The van der Waals surface area contributed by atoms with E-state index in [4.69, 9.17) is 9.73 Å². The highest BCUT2D eigenvalue weighted by molar-refractivity contribution is 8.13. The van der Waals surface area contributed by atoms with Crippen LogP contribution in [0, 0.1) is 0 Å². The van der Waals surface area contributed by atoms with Gasteiger partial charge in [0, 0.05) is 23.4 Å². The summed E-state index contributed by atoms with van der Waals surface area (Å²) in [5, 5.41) is 2.44. The highest BCUT2D eigenvalue weighted by atomic mass is 32.2. The summed E-state index contributed by atoms with van der Waals surface area (Å²) in [6, 6.07) is 19.5. The van der Waals surface area contributed by atoms with E-state index >= 15 is 0 Å². The number of carbonyl (C=O) groups is 1. The number of aliphatic imine (C=N–C) groups is 1. The summed E-state index contributed by atoms with van der Waals surface area (Å²) in [7, 11) is -2.42. The van der Waals surface area contributed by atoms with E-state index in [0.717, 1.165) is 40.5 Å². The van der Waals surface area contributed by atoms with Crippen LogP contribution in [0.15, 0.2) is 87.9 Å². The van der Waals surface area contributed by atoms with Crippen LogP contribution in [0.1, 0.15) is 31.4 Å². The van der Waals surface area contributed by atoms with E-state index in [0.29, 0.717) is 23.1 Å². The third-order valence-electron chi connectivity index (χ3n) is 6.40. The molecule has 0 aliphatic carbocycles. The first-order valence-electron chi connectivity index (χ1n) is 11.8. The first-order valence-corrected chi connectivity index (χ1v) is 14.3. The van der Waals surface area contributed by atoms with Crippen LogP contribution in [-0.2, 0) is 19.6 Å². The van der Waals surface area contributed by atoms with Crippen molar-refractivity contribution in [3.8, 4) is 0 Å². The van der Waals surface area contributed by atoms with Crippen molar-refractivity contribution in [3.05, 3.63) is 83.6 Å². The summed E-state index contributed by atoms with van der Waals surface area (Å²) in [4.78, 5) is 20.0. The van der Waals surface area contributed by atoms with E-state index in [9.17, 15) is 13.2 Å². The van der Waals surface area contributed by atoms with Crippen molar-refractivity contribution >= 4 is 49.4 Å². The van der Waals surface area contributed by atoms with Crippen LogP contribution >= 0.6 is 11.8 Å². The molecule has 2 heterocycles. The van der Waals surface area contributed by atoms with Crippen LogP contribution in [0.3, 0.4) is 0 Å². The predicted octanol–water partition coefficient (Wildman–Crippen LogP) is 5.33. The molecule has 1 fully saturated rings. The van der Waals surface area contributed by atoms with Gasteiger partial charge >= 0.3 is 5.97 Å². The third-order valence-corrected chi connectivity index (χ3v) is 8.92. The van der Waals surface area contributed by atoms with Gasteiger partial charge in [0.25, 0.3) is 10.0 Å². The van der Waals surface area contributed by atoms with E-state index in [-0.39, 0.29) is 10.9 Å². The molecular weight excluding hydrogens is 494 g/mol. The minimum Gasteiger partial charge on any atom is -0.466 e. The average Bonchev–Trinajstić information content (AvgIpc) is 2.91. The zero-order valence-corrected chi connectivity index (χ0v) is 21.7. The van der Waals surface area contributed by atoms with Gasteiger partial charge in [-0.3, -0.25) is 4.72 Å². The van der Waals surface area contributed by atoms with Gasteiger partial charge in [-0.15, -0.1) is 0 Å². The van der Waals surface area contributed by atoms with Gasteiger partial charge in [0.2, 0.25) is 0 Å². The third kappa shape index (κ3) is 4.49. The van der Waals surface area contributed by atoms with Crippen molar-refractivity contribution in [3.63, 3.8) is 0 Å². The highest BCUT2D eigenvalue weighted by Crippen LogP contribution is 2.41. The number of nitrogens with zero attached hydrogens (tertiary/aromatic N) is 2. The fraction of sp³-hybridized carbons (Fsp3) is 0.259. The van der Waals surface area contributed by atoms with Crippen molar-refractivity contribution in [1.82, 2.24) is 4.90 Å². The zero-order chi connectivity index (χ0) is 25.3. The molecule has 0 radical (unpaired) electrons. The highest BCUT2D eigenvalue weighted by Gasteiger charge is 2.38. The zero-order valence-electron chi connectivity index (χ0n) is 20.1. The second kappa shape index (κ2) is 9.99. The van der Waals surface area contributed by atoms with Crippen molar-refractivity contribution in [2.45, 2.75) is 30.7 Å². The quantitative estimate of drug-likeness (QED) is 0.441. The van der Waals surface area contributed by atoms with Crippen molar-refractivity contribution in [2.24, 2.45) is 4.99 Å².